The first kappa shape index (κ1) is 16.2. The molecule has 0 fully saturated rings. The molecule has 24 heavy (non-hydrogen) atoms. The van der Waals surface area contributed by atoms with Crippen molar-refractivity contribution in [2.24, 2.45) is 0 Å². The molecule has 0 saturated heterocycles. The van der Waals surface area contributed by atoms with Crippen molar-refractivity contribution in [2.75, 3.05) is 12.4 Å². The number of methoxy groups -OCH3 is 1. The summed E-state index contributed by atoms with van der Waals surface area (Å²) in [6.07, 6.45) is 0.416. The summed E-state index contributed by atoms with van der Waals surface area (Å²) in [5.41, 5.74) is 2.68. The van der Waals surface area contributed by atoms with Crippen LogP contribution in [0.4, 0.5) is 5.82 Å². The van der Waals surface area contributed by atoms with Gasteiger partial charge in [-0.15, -0.1) is 11.3 Å². The average molecular weight is 342 g/mol. The number of benzene rings is 1. The minimum Gasteiger partial charge on any atom is -0.497 e. The van der Waals surface area contributed by atoms with Gasteiger partial charge in [-0.1, -0.05) is 6.92 Å². The van der Waals surface area contributed by atoms with Gasteiger partial charge >= 0.3 is 0 Å². The molecule has 1 aromatic carbocycles. The minimum atomic E-state index is -0.0527. The lowest BCUT2D eigenvalue weighted by atomic mass is 10.2. The molecule has 1 N–H and O–H groups in total. The zero-order chi connectivity index (χ0) is 17.1. The number of carbonyl (C=O) groups is 1. The first-order chi connectivity index (χ1) is 11.6. The summed E-state index contributed by atoms with van der Waals surface area (Å²) in [7, 11) is 1.64. The number of thiazole rings is 1. The quantitative estimate of drug-likeness (QED) is 0.768. The molecular formula is C17H18N4O2S. The fourth-order valence-corrected chi connectivity index (χ4v) is 3.02. The summed E-state index contributed by atoms with van der Waals surface area (Å²) in [6, 6.07) is 9.57. The van der Waals surface area contributed by atoms with Crippen molar-refractivity contribution in [3.05, 3.63) is 41.4 Å². The van der Waals surface area contributed by atoms with Crippen LogP contribution in [0.3, 0.4) is 0 Å². The van der Waals surface area contributed by atoms with Crippen LogP contribution < -0.4 is 10.1 Å². The van der Waals surface area contributed by atoms with Crippen molar-refractivity contribution in [2.45, 2.75) is 20.3 Å². The van der Waals surface area contributed by atoms with Crippen LogP contribution in [0.5, 0.6) is 5.75 Å². The van der Waals surface area contributed by atoms with Gasteiger partial charge in [0.1, 0.15) is 11.6 Å². The second-order valence-electron chi connectivity index (χ2n) is 5.23. The molecule has 0 spiro atoms. The number of amides is 1. The maximum absolute atomic E-state index is 11.7. The van der Waals surface area contributed by atoms with Crippen molar-refractivity contribution < 1.29 is 9.53 Å². The fraction of sp³-hybridized carbons (Fsp3) is 0.235. The van der Waals surface area contributed by atoms with E-state index in [1.54, 1.807) is 11.8 Å². The van der Waals surface area contributed by atoms with Crippen LogP contribution >= 0.6 is 11.3 Å². The van der Waals surface area contributed by atoms with Gasteiger partial charge < -0.3 is 10.1 Å². The van der Waals surface area contributed by atoms with Gasteiger partial charge in [-0.05, 0) is 31.2 Å². The number of hydrogen-bond donors (Lipinski definition) is 1. The molecule has 1 amide bonds. The third-order valence-electron chi connectivity index (χ3n) is 3.48. The van der Waals surface area contributed by atoms with Gasteiger partial charge in [0.25, 0.3) is 0 Å². The molecule has 3 aromatic rings. The van der Waals surface area contributed by atoms with Crippen molar-refractivity contribution >= 4 is 23.1 Å². The first-order valence-electron chi connectivity index (χ1n) is 7.57. The summed E-state index contributed by atoms with van der Waals surface area (Å²) in [4.78, 5) is 16.3. The molecule has 0 saturated carbocycles. The number of aryl methyl sites for hydroxylation is 1. The molecule has 7 heteroatoms. The Balaban J connectivity index is 1.91. The summed E-state index contributed by atoms with van der Waals surface area (Å²) in [5.74, 6) is 1.39. The highest BCUT2D eigenvalue weighted by Crippen LogP contribution is 2.27. The van der Waals surface area contributed by atoms with E-state index >= 15 is 0 Å². The Hall–Kier alpha value is -2.67. The molecule has 0 aliphatic rings. The molecule has 6 nitrogen and oxygen atoms in total. The predicted octanol–water partition coefficient (Wildman–Crippen LogP) is 3.66. The van der Waals surface area contributed by atoms with E-state index in [0.29, 0.717) is 17.4 Å². The van der Waals surface area contributed by atoms with Gasteiger partial charge in [0.05, 0.1) is 18.5 Å². The Bertz CT molecular complexity index is 852. The maximum Gasteiger partial charge on any atom is 0.225 e. The number of anilines is 1. The highest BCUT2D eigenvalue weighted by Gasteiger charge is 2.13. The van der Waals surface area contributed by atoms with Crippen molar-refractivity contribution in [3.8, 4) is 22.1 Å². The van der Waals surface area contributed by atoms with Gasteiger partial charge in [0.15, 0.2) is 0 Å². The molecule has 0 unspecified atom stereocenters. The Morgan fingerprint density at radius 2 is 2.08 bits per heavy atom. The van der Waals surface area contributed by atoms with E-state index < -0.39 is 0 Å². The van der Waals surface area contributed by atoms with Crippen LogP contribution in [-0.2, 0) is 4.79 Å². The van der Waals surface area contributed by atoms with Crippen LogP contribution in [0.15, 0.2) is 35.7 Å². The second kappa shape index (κ2) is 6.84. The SMILES string of the molecule is CCC(=O)Nc1cc(C)nn1-c1nc(-c2ccc(OC)cc2)cs1. The third kappa shape index (κ3) is 3.30. The molecular weight excluding hydrogens is 324 g/mol. The van der Waals surface area contributed by atoms with Crippen LogP contribution in [0.25, 0.3) is 16.4 Å². The highest BCUT2D eigenvalue weighted by atomic mass is 32.1. The highest BCUT2D eigenvalue weighted by molar-refractivity contribution is 7.12. The van der Waals surface area contributed by atoms with E-state index in [4.69, 9.17) is 4.74 Å². The topological polar surface area (TPSA) is 69.0 Å². The number of nitrogens with one attached hydrogen (secondary N) is 1. The molecule has 0 aliphatic carbocycles. The average Bonchev–Trinajstić information content (AvgIpc) is 3.21. The Labute approximate surface area is 144 Å². The molecule has 124 valence electrons. The van der Waals surface area contributed by atoms with E-state index in [9.17, 15) is 4.79 Å². The van der Waals surface area contributed by atoms with Crippen molar-refractivity contribution in [3.63, 3.8) is 0 Å². The Kier molecular flexibility index (Phi) is 4.61. The lowest BCUT2D eigenvalue weighted by Gasteiger charge is -2.05. The van der Waals surface area contributed by atoms with Gasteiger partial charge in [-0.2, -0.15) is 9.78 Å². The van der Waals surface area contributed by atoms with E-state index in [1.807, 2.05) is 49.6 Å². The summed E-state index contributed by atoms with van der Waals surface area (Å²) in [6.45, 7) is 3.70. The lowest BCUT2D eigenvalue weighted by molar-refractivity contribution is -0.115. The number of nitrogens with zero attached hydrogens (tertiary/aromatic N) is 3. The van der Waals surface area contributed by atoms with Gasteiger partial charge in [-0.25, -0.2) is 4.98 Å². The fourth-order valence-electron chi connectivity index (χ4n) is 2.22. The maximum atomic E-state index is 11.7. The van der Waals surface area contributed by atoms with E-state index in [2.05, 4.69) is 15.4 Å². The number of aromatic nitrogens is 3. The van der Waals surface area contributed by atoms with Crippen LogP contribution in [0, 0.1) is 6.92 Å². The van der Waals surface area contributed by atoms with E-state index in [-0.39, 0.29) is 5.91 Å². The van der Waals surface area contributed by atoms with Gasteiger partial charge in [0.2, 0.25) is 11.0 Å². The molecule has 0 radical (unpaired) electrons. The van der Waals surface area contributed by atoms with Gasteiger partial charge in [0, 0.05) is 23.4 Å². The molecule has 2 heterocycles. The van der Waals surface area contributed by atoms with E-state index in [0.717, 1.165) is 22.7 Å². The van der Waals surface area contributed by atoms with E-state index in [1.165, 1.54) is 11.3 Å². The first-order valence-corrected chi connectivity index (χ1v) is 8.45. The van der Waals surface area contributed by atoms with Crippen LogP contribution in [0.2, 0.25) is 0 Å². The monoisotopic (exact) mass is 342 g/mol. The number of ether oxygens (including phenoxy) is 1. The molecule has 3 rings (SSSR count). The van der Waals surface area contributed by atoms with Crippen LogP contribution in [0.1, 0.15) is 19.0 Å². The normalized spacial score (nSPS) is 10.6. The predicted molar refractivity (Wildman–Crippen MR) is 94.9 cm³/mol. The summed E-state index contributed by atoms with van der Waals surface area (Å²) < 4.78 is 6.84. The van der Waals surface area contributed by atoms with Crippen LogP contribution in [-0.4, -0.2) is 27.8 Å². The Morgan fingerprint density at radius 3 is 2.75 bits per heavy atom. The summed E-state index contributed by atoms with van der Waals surface area (Å²) >= 11 is 1.48. The second-order valence-corrected chi connectivity index (χ2v) is 6.06. The zero-order valence-electron chi connectivity index (χ0n) is 13.7. The molecule has 0 atom stereocenters. The summed E-state index contributed by atoms with van der Waals surface area (Å²) in [5, 5.41) is 9.97. The lowest BCUT2D eigenvalue weighted by Crippen LogP contribution is -2.13. The van der Waals surface area contributed by atoms with Crippen molar-refractivity contribution in [1.82, 2.24) is 14.8 Å². The Morgan fingerprint density at radius 1 is 1.33 bits per heavy atom. The third-order valence-corrected chi connectivity index (χ3v) is 4.30. The minimum absolute atomic E-state index is 0.0527. The standard InChI is InChI=1S/C17H18N4O2S/c1-4-16(22)19-15-9-11(2)20-21(15)17-18-14(10-24-17)12-5-7-13(23-3)8-6-12/h5-10H,4H2,1-3H3,(H,19,22). The largest absolute Gasteiger partial charge is 0.497 e. The molecule has 0 aliphatic heterocycles. The number of hydrogen-bond acceptors (Lipinski definition) is 5. The molecule has 0 bridgehead atoms. The zero-order valence-corrected chi connectivity index (χ0v) is 14.6. The number of rotatable bonds is 5. The number of carbonyl (C=O) groups excluding carboxylic acids is 1. The van der Waals surface area contributed by atoms with Gasteiger partial charge in [-0.3, -0.25) is 4.79 Å². The molecule has 2 aromatic heterocycles. The van der Waals surface area contributed by atoms with Crippen molar-refractivity contribution in [1.29, 1.82) is 0 Å². The smallest absolute Gasteiger partial charge is 0.225 e.